The number of pyridine rings is 1. The number of ketones is 1. The van der Waals surface area contributed by atoms with Crippen LogP contribution in [0, 0.1) is 0 Å². The van der Waals surface area contributed by atoms with Crippen LogP contribution in [0.1, 0.15) is 47.8 Å². The van der Waals surface area contributed by atoms with Crippen molar-refractivity contribution in [3.8, 4) is 0 Å². The van der Waals surface area contributed by atoms with Crippen molar-refractivity contribution < 1.29 is 4.79 Å². The summed E-state index contributed by atoms with van der Waals surface area (Å²) in [6.07, 6.45) is 6.96. The van der Waals surface area contributed by atoms with Crippen LogP contribution in [0.2, 0.25) is 0 Å². The fraction of sp³-hybridized carbons (Fsp3) is 0.263. The summed E-state index contributed by atoms with van der Waals surface area (Å²) in [5.41, 5.74) is 5.07. The number of hydrogen-bond acceptors (Lipinski definition) is 2. The van der Waals surface area contributed by atoms with E-state index in [1.807, 2.05) is 12.4 Å². The maximum atomic E-state index is 12.0. The predicted octanol–water partition coefficient (Wildman–Crippen LogP) is 3.97. The van der Waals surface area contributed by atoms with Crippen molar-refractivity contribution >= 4 is 5.78 Å². The molecule has 0 saturated heterocycles. The van der Waals surface area contributed by atoms with Crippen LogP contribution in [0.25, 0.3) is 0 Å². The molecule has 2 aromatic rings. The van der Waals surface area contributed by atoms with E-state index in [9.17, 15) is 4.79 Å². The van der Waals surface area contributed by atoms with Crippen molar-refractivity contribution in [2.45, 2.75) is 31.1 Å². The smallest absolute Gasteiger partial charge is 0.156 e. The van der Waals surface area contributed by atoms with Gasteiger partial charge in [0, 0.05) is 24.2 Å². The molecule has 0 spiro atoms. The van der Waals surface area contributed by atoms with Gasteiger partial charge in [-0.3, -0.25) is 9.78 Å². The summed E-state index contributed by atoms with van der Waals surface area (Å²) >= 11 is 0. The van der Waals surface area contributed by atoms with Gasteiger partial charge in [0.15, 0.2) is 5.78 Å². The summed E-state index contributed by atoms with van der Waals surface area (Å²) in [4.78, 5) is 16.1. The first-order valence-electron chi connectivity index (χ1n) is 7.47. The van der Waals surface area contributed by atoms with E-state index >= 15 is 0 Å². The second kappa shape index (κ2) is 4.66. The summed E-state index contributed by atoms with van der Waals surface area (Å²) in [7, 11) is 0. The van der Waals surface area contributed by atoms with Gasteiger partial charge in [0.2, 0.25) is 0 Å². The van der Waals surface area contributed by atoms with Crippen LogP contribution < -0.4 is 0 Å². The number of carbonyl (C=O) groups excluding carboxylic acids is 1. The third-order valence-electron chi connectivity index (χ3n) is 4.93. The Bertz CT molecular complexity index is 732. The Morgan fingerprint density at radius 3 is 2.52 bits per heavy atom. The van der Waals surface area contributed by atoms with E-state index in [4.69, 9.17) is 0 Å². The van der Waals surface area contributed by atoms with Gasteiger partial charge in [-0.05, 0) is 53.7 Å². The highest BCUT2D eigenvalue weighted by atomic mass is 16.1. The number of aromatic nitrogens is 1. The highest BCUT2D eigenvalue weighted by Gasteiger charge is 2.41. The normalized spacial score (nSPS) is 26.1. The molecular formula is C19H17NO. The lowest BCUT2D eigenvalue weighted by Gasteiger charge is -2.43. The maximum Gasteiger partial charge on any atom is 0.156 e. The van der Waals surface area contributed by atoms with Gasteiger partial charge in [-0.25, -0.2) is 0 Å². The Morgan fingerprint density at radius 2 is 1.81 bits per heavy atom. The molecule has 3 unspecified atom stereocenters. The first-order chi connectivity index (χ1) is 10.3. The van der Waals surface area contributed by atoms with Gasteiger partial charge >= 0.3 is 0 Å². The largest absolute Gasteiger partial charge is 0.295 e. The number of carbonyl (C=O) groups is 1. The lowest BCUT2D eigenvalue weighted by molar-refractivity contribution is -0.114. The Labute approximate surface area is 124 Å². The molecule has 2 nitrogen and oxygen atoms in total. The van der Waals surface area contributed by atoms with Crippen LogP contribution in [0.15, 0.2) is 60.4 Å². The number of hydrogen-bond donors (Lipinski definition) is 0. The molecule has 2 heteroatoms. The van der Waals surface area contributed by atoms with Gasteiger partial charge in [-0.2, -0.15) is 0 Å². The molecule has 0 aliphatic heterocycles. The third kappa shape index (κ3) is 1.86. The van der Waals surface area contributed by atoms with E-state index in [1.54, 1.807) is 6.92 Å². The SMILES string of the molecule is CC(=O)C1=CC2c3ccccc3C1CC2c1ccncc1. The quantitative estimate of drug-likeness (QED) is 0.830. The zero-order chi connectivity index (χ0) is 14.4. The molecule has 1 aromatic carbocycles. The molecule has 1 aromatic heterocycles. The molecule has 104 valence electrons. The van der Waals surface area contributed by atoms with Crippen LogP contribution in [-0.2, 0) is 4.79 Å². The Hall–Kier alpha value is -2.22. The lowest BCUT2D eigenvalue weighted by Crippen LogP contribution is -2.30. The second-order valence-corrected chi connectivity index (χ2v) is 6.01. The van der Waals surface area contributed by atoms with Gasteiger partial charge in [-0.1, -0.05) is 30.3 Å². The number of fused-ring (bicyclic) bond motifs is 1. The summed E-state index contributed by atoms with van der Waals surface area (Å²) in [5.74, 6) is 1.23. The molecule has 0 amide bonds. The molecule has 0 N–H and O–H groups in total. The molecular weight excluding hydrogens is 258 g/mol. The van der Waals surface area contributed by atoms with Gasteiger partial charge in [0.05, 0.1) is 0 Å². The number of allylic oxidation sites excluding steroid dienone is 2. The Morgan fingerprint density at radius 1 is 1.10 bits per heavy atom. The fourth-order valence-electron chi connectivity index (χ4n) is 4.00. The van der Waals surface area contributed by atoms with E-state index in [1.165, 1.54) is 16.7 Å². The molecule has 21 heavy (non-hydrogen) atoms. The summed E-state index contributed by atoms with van der Waals surface area (Å²) in [6.45, 7) is 1.69. The van der Waals surface area contributed by atoms with Crippen LogP contribution in [0.3, 0.4) is 0 Å². The van der Waals surface area contributed by atoms with Crippen molar-refractivity contribution in [1.29, 1.82) is 0 Å². The first kappa shape index (κ1) is 12.5. The molecule has 2 bridgehead atoms. The van der Waals surface area contributed by atoms with Crippen LogP contribution >= 0.6 is 0 Å². The Kier molecular flexibility index (Phi) is 2.78. The molecule has 1 heterocycles. The highest BCUT2D eigenvalue weighted by molar-refractivity contribution is 5.96. The van der Waals surface area contributed by atoms with Crippen molar-refractivity contribution in [1.82, 2.24) is 4.98 Å². The third-order valence-corrected chi connectivity index (χ3v) is 4.93. The molecule has 5 rings (SSSR count). The van der Waals surface area contributed by atoms with E-state index in [0.29, 0.717) is 11.8 Å². The molecule has 3 aliphatic carbocycles. The first-order valence-corrected chi connectivity index (χ1v) is 7.47. The monoisotopic (exact) mass is 275 g/mol. The standard InChI is InChI=1S/C19H17NO/c1-12(21)16-10-19-15-5-3-2-4-14(15)18(16)11-17(19)13-6-8-20-9-7-13/h2-10,17-19H,11H2,1H3. The summed E-state index contributed by atoms with van der Waals surface area (Å²) in [5, 5.41) is 0. The number of Topliss-reactive ketones (excluding diaryl/α,β-unsaturated/α-hetero) is 1. The van der Waals surface area contributed by atoms with Crippen molar-refractivity contribution in [2.75, 3.05) is 0 Å². The summed E-state index contributed by atoms with van der Waals surface area (Å²) < 4.78 is 0. The minimum Gasteiger partial charge on any atom is -0.295 e. The summed E-state index contributed by atoms with van der Waals surface area (Å²) in [6, 6.07) is 12.8. The second-order valence-electron chi connectivity index (χ2n) is 6.01. The van der Waals surface area contributed by atoms with Crippen LogP contribution in [0.5, 0.6) is 0 Å². The molecule has 0 fully saturated rings. The topological polar surface area (TPSA) is 30.0 Å². The van der Waals surface area contributed by atoms with Crippen LogP contribution in [0.4, 0.5) is 0 Å². The molecule has 3 atom stereocenters. The van der Waals surface area contributed by atoms with Gasteiger partial charge in [0.1, 0.15) is 0 Å². The fourth-order valence-corrected chi connectivity index (χ4v) is 4.00. The van der Waals surface area contributed by atoms with E-state index in [0.717, 1.165) is 12.0 Å². The average Bonchev–Trinajstić information content (AvgIpc) is 2.55. The van der Waals surface area contributed by atoms with Gasteiger partial charge in [0.25, 0.3) is 0 Å². The number of rotatable bonds is 2. The minimum absolute atomic E-state index is 0.215. The lowest BCUT2D eigenvalue weighted by atomic mass is 9.60. The average molecular weight is 275 g/mol. The van der Waals surface area contributed by atoms with E-state index in [-0.39, 0.29) is 11.7 Å². The highest BCUT2D eigenvalue weighted by Crippen LogP contribution is 2.55. The zero-order valence-electron chi connectivity index (χ0n) is 12.0. The molecule has 3 aliphatic rings. The Balaban J connectivity index is 1.86. The predicted molar refractivity (Wildman–Crippen MR) is 82.3 cm³/mol. The van der Waals surface area contributed by atoms with E-state index < -0.39 is 0 Å². The van der Waals surface area contributed by atoms with Gasteiger partial charge in [-0.15, -0.1) is 0 Å². The van der Waals surface area contributed by atoms with E-state index in [2.05, 4.69) is 47.5 Å². The number of nitrogens with zero attached hydrogens (tertiary/aromatic N) is 1. The number of benzene rings is 1. The van der Waals surface area contributed by atoms with Crippen molar-refractivity contribution in [3.63, 3.8) is 0 Å². The minimum atomic E-state index is 0.215. The van der Waals surface area contributed by atoms with Crippen molar-refractivity contribution in [2.24, 2.45) is 0 Å². The van der Waals surface area contributed by atoms with Crippen molar-refractivity contribution in [3.05, 3.63) is 77.1 Å². The molecule has 0 saturated carbocycles. The van der Waals surface area contributed by atoms with Gasteiger partial charge < -0.3 is 0 Å². The zero-order valence-corrected chi connectivity index (χ0v) is 12.0. The maximum absolute atomic E-state index is 12.0. The van der Waals surface area contributed by atoms with Crippen LogP contribution in [-0.4, -0.2) is 10.8 Å². The molecule has 0 radical (unpaired) electrons.